The van der Waals surface area contributed by atoms with Gasteiger partial charge in [-0.1, -0.05) is 6.92 Å². The molecule has 0 aliphatic rings. The van der Waals surface area contributed by atoms with E-state index < -0.39 is 0 Å². The number of nitrogens with one attached hydrogen (secondary N) is 2. The second-order valence-electron chi connectivity index (χ2n) is 4.45. The maximum atomic E-state index is 12.3. The lowest BCUT2D eigenvalue weighted by molar-refractivity contribution is 0.102. The van der Waals surface area contributed by atoms with Gasteiger partial charge >= 0.3 is 0 Å². The zero-order valence-corrected chi connectivity index (χ0v) is 12.9. The van der Waals surface area contributed by atoms with Crippen molar-refractivity contribution in [3.05, 3.63) is 34.1 Å². The van der Waals surface area contributed by atoms with E-state index in [0.29, 0.717) is 10.7 Å². The van der Waals surface area contributed by atoms with E-state index in [2.05, 4.69) is 27.5 Å². The Balaban J connectivity index is 2.23. The number of nitrogens with zero attached hydrogens (tertiary/aromatic N) is 2. The van der Waals surface area contributed by atoms with E-state index in [4.69, 9.17) is 0 Å². The average Bonchev–Trinajstić information content (AvgIpc) is 2.78. The van der Waals surface area contributed by atoms with Crippen molar-refractivity contribution in [1.29, 1.82) is 0 Å². The van der Waals surface area contributed by atoms with Gasteiger partial charge in [0.25, 0.3) is 5.91 Å². The summed E-state index contributed by atoms with van der Waals surface area (Å²) in [5.74, 6) is -0.196. The molecule has 5 nitrogen and oxygen atoms in total. The number of rotatable bonds is 4. The smallest absolute Gasteiger partial charge is 0.261 e. The van der Waals surface area contributed by atoms with E-state index in [9.17, 15) is 4.79 Å². The van der Waals surface area contributed by atoms with E-state index in [1.54, 1.807) is 13.2 Å². The first-order valence-electron chi connectivity index (χ1n) is 6.47. The van der Waals surface area contributed by atoms with Gasteiger partial charge in [0.2, 0.25) is 0 Å². The SMILES string of the molecule is CCc1nc(NC(=O)c2cnc(C)cc2NC)sc1C. The maximum Gasteiger partial charge on any atom is 0.261 e. The van der Waals surface area contributed by atoms with Crippen molar-refractivity contribution in [3.63, 3.8) is 0 Å². The highest BCUT2D eigenvalue weighted by atomic mass is 32.1. The zero-order valence-electron chi connectivity index (χ0n) is 12.1. The highest BCUT2D eigenvalue weighted by molar-refractivity contribution is 7.15. The molecule has 106 valence electrons. The van der Waals surface area contributed by atoms with Crippen LogP contribution < -0.4 is 10.6 Å². The van der Waals surface area contributed by atoms with Gasteiger partial charge in [-0.15, -0.1) is 11.3 Å². The predicted molar refractivity (Wildman–Crippen MR) is 82.7 cm³/mol. The molecule has 2 aromatic rings. The molecule has 0 atom stereocenters. The second kappa shape index (κ2) is 6.00. The number of hydrogen-bond donors (Lipinski definition) is 2. The van der Waals surface area contributed by atoms with Gasteiger partial charge < -0.3 is 5.32 Å². The van der Waals surface area contributed by atoms with Crippen LogP contribution >= 0.6 is 11.3 Å². The fourth-order valence-electron chi connectivity index (χ4n) is 1.92. The summed E-state index contributed by atoms with van der Waals surface area (Å²) in [7, 11) is 1.79. The Hall–Kier alpha value is -1.95. The lowest BCUT2D eigenvalue weighted by Gasteiger charge is -2.08. The Morgan fingerprint density at radius 3 is 2.75 bits per heavy atom. The van der Waals surface area contributed by atoms with E-state index in [0.717, 1.165) is 28.4 Å². The third kappa shape index (κ3) is 2.96. The molecule has 0 spiro atoms. The maximum absolute atomic E-state index is 12.3. The summed E-state index contributed by atoms with van der Waals surface area (Å²) in [5.41, 5.74) is 3.17. The number of hydrogen-bond acceptors (Lipinski definition) is 5. The third-order valence-corrected chi connectivity index (χ3v) is 3.93. The molecule has 6 heteroatoms. The minimum atomic E-state index is -0.196. The lowest BCUT2D eigenvalue weighted by Crippen LogP contribution is -2.14. The van der Waals surface area contributed by atoms with Gasteiger partial charge in [-0.25, -0.2) is 4.98 Å². The van der Waals surface area contributed by atoms with Gasteiger partial charge in [0.15, 0.2) is 5.13 Å². The highest BCUT2D eigenvalue weighted by Crippen LogP contribution is 2.24. The van der Waals surface area contributed by atoms with Crippen molar-refractivity contribution < 1.29 is 4.79 Å². The quantitative estimate of drug-likeness (QED) is 0.908. The molecule has 0 aliphatic carbocycles. The summed E-state index contributed by atoms with van der Waals surface area (Å²) in [6, 6.07) is 1.85. The first-order chi connectivity index (χ1) is 9.55. The van der Waals surface area contributed by atoms with Crippen molar-refractivity contribution in [2.45, 2.75) is 27.2 Å². The number of amides is 1. The van der Waals surface area contributed by atoms with E-state index in [1.165, 1.54) is 11.3 Å². The van der Waals surface area contributed by atoms with Crippen LogP contribution in [-0.4, -0.2) is 22.9 Å². The zero-order chi connectivity index (χ0) is 14.7. The second-order valence-corrected chi connectivity index (χ2v) is 5.65. The Labute approximate surface area is 122 Å². The number of carbonyl (C=O) groups excluding carboxylic acids is 1. The minimum Gasteiger partial charge on any atom is -0.387 e. The van der Waals surface area contributed by atoms with Gasteiger partial charge in [-0.3, -0.25) is 15.1 Å². The number of anilines is 2. The summed E-state index contributed by atoms with van der Waals surface area (Å²) in [6.07, 6.45) is 2.45. The van der Waals surface area contributed by atoms with Crippen LogP contribution in [0.4, 0.5) is 10.8 Å². The number of aryl methyl sites for hydroxylation is 3. The van der Waals surface area contributed by atoms with Crippen LogP contribution in [0.25, 0.3) is 0 Å². The van der Waals surface area contributed by atoms with Crippen LogP contribution in [0.15, 0.2) is 12.3 Å². The molecular formula is C14H18N4OS. The highest BCUT2D eigenvalue weighted by Gasteiger charge is 2.14. The Morgan fingerprint density at radius 1 is 1.40 bits per heavy atom. The van der Waals surface area contributed by atoms with Gasteiger partial charge in [0.1, 0.15) is 0 Å². The van der Waals surface area contributed by atoms with Crippen molar-refractivity contribution in [3.8, 4) is 0 Å². The van der Waals surface area contributed by atoms with Gasteiger partial charge in [-0.05, 0) is 26.3 Å². The molecule has 2 heterocycles. The summed E-state index contributed by atoms with van der Waals surface area (Å²) in [5, 5.41) is 6.48. The fraction of sp³-hybridized carbons (Fsp3) is 0.357. The molecule has 0 unspecified atom stereocenters. The summed E-state index contributed by atoms with van der Waals surface area (Å²) in [6.45, 7) is 5.95. The molecule has 0 aliphatic heterocycles. The van der Waals surface area contributed by atoms with Crippen LogP contribution in [-0.2, 0) is 6.42 Å². The molecule has 0 saturated heterocycles. The molecule has 20 heavy (non-hydrogen) atoms. The van der Waals surface area contributed by atoms with Gasteiger partial charge in [0, 0.05) is 23.8 Å². The minimum absolute atomic E-state index is 0.196. The molecule has 0 aromatic carbocycles. The lowest BCUT2D eigenvalue weighted by atomic mass is 10.2. The van der Waals surface area contributed by atoms with Crippen LogP contribution in [0.2, 0.25) is 0 Å². The predicted octanol–water partition coefficient (Wildman–Crippen LogP) is 3.01. The van der Waals surface area contributed by atoms with Gasteiger partial charge in [-0.2, -0.15) is 0 Å². The first kappa shape index (κ1) is 14.5. The molecule has 2 rings (SSSR count). The van der Waals surface area contributed by atoms with Crippen LogP contribution in [0, 0.1) is 13.8 Å². The van der Waals surface area contributed by atoms with E-state index >= 15 is 0 Å². The van der Waals surface area contributed by atoms with Crippen LogP contribution in [0.3, 0.4) is 0 Å². The molecule has 0 saturated carbocycles. The average molecular weight is 290 g/mol. The molecule has 2 N–H and O–H groups in total. The number of aromatic nitrogens is 2. The summed E-state index contributed by atoms with van der Waals surface area (Å²) >= 11 is 1.49. The molecule has 0 fully saturated rings. The van der Waals surface area contributed by atoms with Crippen molar-refractivity contribution in [2.75, 3.05) is 17.7 Å². The normalized spacial score (nSPS) is 10.4. The topological polar surface area (TPSA) is 66.9 Å². The number of pyridine rings is 1. The van der Waals surface area contributed by atoms with Crippen molar-refractivity contribution in [1.82, 2.24) is 9.97 Å². The molecule has 2 aromatic heterocycles. The van der Waals surface area contributed by atoms with Crippen molar-refractivity contribution in [2.24, 2.45) is 0 Å². The molecule has 1 amide bonds. The Kier molecular flexibility index (Phi) is 4.34. The van der Waals surface area contributed by atoms with E-state index in [1.807, 2.05) is 19.9 Å². The molecular weight excluding hydrogens is 272 g/mol. The largest absolute Gasteiger partial charge is 0.387 e. The third-order valence-electron chi connectivity index (χ3n) is 3.00. The number of carbonyl (C=O) groups is 1. The Morgan fingerprint density at radius 2 is 2.15 bits per heavy atom. The van der Waals surface area contributed by atoms with Gasteiger partial charge in [0.05, 0.1) is 16.9 Å². The van der Waals surface area contributed by atoms with Crippen LogP contribution in [0.5, 0.6) is 0 Å². The molecule has 0 radical (unpaired) electrons. The van der Waals surface area contributed by atoms with Crippen molar-refractivity contribution >= 4 is 28.1 Å². The molecule has 0 bridgehead atoms. The Bertz CT molecular complexity index is 636. The fourth-order valence-corrected chi connectivity index (χ4v) is 2.82. The monoisotopic (exact) mass is 290 g/mol. The number of thiazole rings is 1. The first-order valence-corrected chi connectivity index (χ1v) is 7.28. The summed E-state index contributed by atoms with van der Waals surface area (Å²) in [4.78, 5) is 22.0. The summed E-state index contributed by atoms with van der Waals surface area (Å²) < 4.78 is 0. The standard InChI is InChI=1S/C14H18N4OS/c1-5-11-9(3)20-14(17-11)18-13(19)10-7-16-8(2)6-12(10)15-4/h6-7H,5H2,1-4H3,(H,15,16)(H,17,18,19). The van der Waals surface area contributed by atoms with E-state index in [-0.39, 0.29) is 5.91 Å². The van der Waals surface area contributed by atoms with Crippen LogP contribution in [0.1, 0.15) is 33.5 Å².